The van der Waals surface area contributed by atoms with Crippen LogP contribution in [0.3, 0.4) is 0 Å². The first-order chi connectivity index (χ1) is 14.9. The van der Waals surface area contributed by atoms with Crippen molar-refractivity contribution in [3.63, 3.8) is 0 Å². The molecular weight excluding hydrogens is 392 g/mol. The largest absolute Gasteiger partial charge is 0.353 e. The SMILES string of the molecule is CCN(CC)C(CNC(=O)CN1C(=O)NC2(CCCCC2C)C1=O)Cc1ccccc1. The van der Waals surface area contributed by atoms with Crippen molar-refractivity contribution in [2.24, 2.45) is 5.92 Å². The molecule has 1 saturated carbocycles. The molecule has 4 amide bonds. The molecule has 1 aliphatic carbocycles. The summed E-state index contributed by atoms with van der Waals surface area (Å²) in [6.45, 7) is 8.26. The first kappa shape index (κ1) is 23.3. The highest BCUT2D eigenvalue weighted by atomic mass is 16.2. The zero-order chi connectivity index (χ0) is 22.4. The summed E-state index contributed by atoms with van der Waals surface area (Å²) in [5.74, 6) is -0.456. The van der Waals surface area contributed by atoms with Crippen LogP contribution in [-0.2, 0) is 16.0 Å². The molecule has 2 aliphatic rings. The van der Waals surface area contributed by atoms with Crippen molar-refractivity contribution in [1.29, 1.82) is 0 Å². The summed E-state index contributed by atoms with van der Waals surface area (Å²) in [5.41, 5.74) is 0.392. The highest BCUT2D eigenvalue weighted by Gasteiger charge is 2.55. The second kappa shape index (κ2) is 10.3. The number of likely N-dealkylation sites (N-methyl/N-ethyl adjacent to an activating group) is 1. The second-order valence-electron chi connectivity index (χ2n) is 8.81. The van der Waals surface area contributed by atoms with Crippen molar-refractivity contribution in [1.82, 2.24) is 20.4 Å². The van der Waals surface area contributed by atoms with Gasteiger partial charge in [0, 0.05) is 12.6 Å². The minimum absolute atomic E-state index is 0.0867. The van der Waals surface area contributed by atoms with E-state index < -0.39 is 11.6 Å². The summed E-state index contributed by atoms with van der Waals surface area (Å²) in [6, 6.07) is 9.93. The molecular formula is C24H36N4O3. The van der Waals surface area contributed by atoms with Gasteiger partial charge >= 0.3 is 6.03 Å². The number of hydrogen-bond donors (Lipinski definition) is 2. The fraction of sp³-hybridized carbons (Fsp3) is 0.625. The van der Waals surface area contributed by atoms with Crippen molar-refractivity contribution in [2.75, 3.05) is 26.2 Å². The summed E-state index contributed by atoms with van der Waals surface area (Å²) in [5, 5.41) is 5.88. The molecule has 7 heteroatoms. The van der Waals surface area contributed by atoms with E-state index in [1.54, 1.807) is 0 Å². The number of nitrogens with one attached hydrogen (secondary N) is 2. The van der Waals surface area contributed by atoms with Gasteiger partial charge in [0.25, 0.3) is 5.91 Å². The molecule has 7 nitrogen and oxygen atoms in total. The Morgan fingerprint density at radius 2 is 1.94 bits per heavy atom. The maximum Gasteiger partial charge on any atom is 0.325 e. The van der Waals surface area contributed by atoms with Gasteiger partial charge in [-0.1, -0.05) is 63.9 Å². The van der Waals surface area contributed by atoms with Crippen LogP contribution >= 0.6 is 0 Å². The van der Waals surface area contributed by atoms with Crippen LogP contribution in [0, 0.1) is 5.92 Å². The molecule has 0 aromatic heterocycles. The fourth-order valence-electron chi connectivity index (χ4n) is 5.03. The molecule has 2 N–H and O–H groups in total. The number of imide groups is 1. The summed E-state index contributed by atoms with van der Waals surface area (Å²) >= 11 is 0. The summed E-state index contributed by atoms with van der Waals surface area (Å²) in [7, 11) is 0. The van der Waals surface area contributed by atoms with E-state index in [-0.39, 0.29) is 30.3 Å². The zero-order valence-corrected chi connectivity index (χ0v) is 19.0. The van der Waals surface area contributed by atoms with Gasteiger partial charge in [0.1, 0.15) is 12.1 Å². The Balaban J connectivity index is 1.61. The molecule has 1 aromatic rings. The van der Waals surface area contributed by atoms with Gasteiger partial charge in [-0.05, 0) is 43.8 Å². The third kappa shape index (κ3) is 5.09. The van der Waals surface area contributed by atoms with E-state index >= 15 is 0 Å². The number of amides is 4. The zero-order valence-electron chi connectivity index (χ0n) is 19.0. The van der Waals surface area contributed by atoms with E-state index in [2.05, 4.69) is 41.5 Å². The maximum atomic E-state index is 13.1. The Labute approximate surface area is 185 Å². The predicted molar refractivity (Wildman–Crippen MR) is 120 cm³/mol. The fourth-order valence-corrected chi connectivity index (χ4v) is 5.03. The smallest absolute Gasteiger partial charge is 0.325 e. The van der Waals surface area contributed by atoms with Crippen LogP contribution in [0.25, 0.3) is 0 Å². The average Bonchev–Trinajstić information content (AvgIpc) is 3.00. The highest BCUT2D eigenvalue weighted by Crippen LogP contribution is 2.38. The van der Waals surface area contributed by atoms with E-state index in [0.29, 0.717) is 13.0 Å². The van der Waals surface area contributed by atoms with Crippen LogP contribution in [0.15, 0.2) is 30.3 Å². The number of rotatable bonds is 9. The van der Waals surface area contributed by atoms with E-state index in [1.165, 1.54) is 5.56 Å². The van der Waals surface area contributed by atoms with Gasteiger partial charge in [0.15, 0.2) is 0 Å². The summed E-state index contributed by atoms with van der Waals surface area (Å²) in [6.07, 6.45) is 4.38. The number of benzene rings is 1. The molecule has 3 unspecified atom stereocenters. The minimum Gasteiger partial charge on any atom is -0.353 e. The molecule has 170 valence electrons. The summed E-state index contributed by atoms with van der Waals surface area (Å²) < 4.78 is 0. The first-order valence-corrected chi connectivity index (χ1v) is 11.6. The van der Waals surface area contributed by atoms with Gasteiger partial charge in [-0.3, -0.25) is 19.4 Å². The van der Waals surface area contributed by atoms with Gasteiger partial charge in [-0.2, -0.15) is 0 Å². The first-order valence-electron chi connectivity index (χ1n) is 11.6. The molecule has 31 heavy (non-hydrogen) atoms. The Morgan fingerprint density at radius 1 is 1.23 bits per heavy atom. The van der Waals surface area contributed by atoms with Gasteiger partial charge in [-0.25, -0.2) is 4.79 Å². The Hall–Kier alpha value is -2.41. The lowest BCUT2D eigenvalue weighted by Gasteiger charge is -2.36. The van der Waals surface area contributed by atoms with Crippen molar-refractivity contribution in [3.8, 4) is 0 Å². The number of carbonyl (C=O) groups is 3. The van der Waals surface area contributed by atoms with Crippen molar-refractivity contribution < 1.29 is 14.4 Å². The minimum atomic E-state index is -0.827. The molecule has 0 bridgehead atoms. The molecule has 1 aliphatic heterocycles. The lowest BCUT2D eigenvalue weighted by Crippen LogP contribution is -2.54. The van der Waals surface area contributed by atoms with Crippen LogP contribution in [0.4, 0.5) is 4.79 Å². The Kier molecular flexibility index (Phi) is 7.70. The number of hydrogen-bond acceptors (Lipinski definition) is 4. The quantitative estimate of drug-likeness (QED) is 0.593. The topological polar surface area (TPSA) is 81.8 Å². The number of nitrogens with zero attached hydrogens (tertiary/aromatic N) is 2. The third-order valence-electron chi connectivity index (χ3n) is 6.98. The van der Waals surface area contributed by atoms with E-state index in [9.17, 15) is 14.4 Å². The van der Waals surface area contributed by atoms with E-state index in [4.69, 9.17) is 0 Å². The van der Waals surface area contributed by atoms with Crippen LogP contribution in [0.1, 0.15) is 52.0 Å². The van der Waals surface area contributed by atoms with Crippen LogP contribution < -0.4 is 10.6 Å². The van der Waals surface area contributed by atoms with Crippen molar-refractivity contribution >= 4 is 17.8 Å². The lowest BCUT2D eigenvalue weighted by atomic mass is 9.73. The van der Waals surface area contributed by atoms with Crippen molar-refractivity contribution in [2.45, 2.75) is 64.5 Å². The lowest BCUT2D eigenvalue weighted by molar-refractivity contribution is -0.137. The van der Waals surface area contributed by atoms with Gasteiger partial charge in [-0.15, -0.1) is 0 Å². The molecule has 3 rings (SSSR count). The number of urea groups is 1. The standard InChI is InChI=1S/C24H36N4O3/c1-4-27(5-2)20(15-19-12-7-6-8-13-19)16-25-21(29)17-28-22(30)24(26-23(28)31)14-10-9-11-18(24)3/h6-8,12-13,18,20H,4-5,9-11,14-17H2,1-3H3,(H,25,29)(H,26,31). The van der Waals surface area contributed by atoms with Crippen LogP contribution in [-0.4, -0.2) is 65.4 Å². The van der Waals surface area contributed by atoms with Crippen LogP contribution in [0.2, 0.25) is 0 Å². The second-order valence-corrected chi connectivity index (χ2v) is 8.81. The van der Waals surface area contributed by atoms with Gasteiger partial charge in [0.05, 0.1) is 0 Å². The molecule has 1 spiro atoms. The molecule has 3 atom stereocenters. The normalized spacial score (nSPS) is 24.5. The highest BCUT2D eigenvalue weighted by molar-refractivity contribution is 6.09. The van der Waals surface area contributed by atoms with E-state index in [1.807, 2.05) is 25.1 Å². The third-order valence-corrected chi connectivity index (χ3v) is 6.98. The maximum absolute atomic E-state index is 13.1. The Morgan fingerprint density at radius 3 is 2.58 bits per heavy atom. The van der Waals surface area contributed by atoms with E-state index in [0.717, 1.165) is 43.7 Å². The molecule has 0 radical (unpaired) electrons. The molecule has 1 heterocycles. The summed E-state index contributed by atoms with van der Waals surface area (Å²) in [4.78, 5) is 41.7. The van der Waals surface area contributed by atoms with Gasteiger partial charge in [0.2, 0.25) is 5.91 Å². The molecule has 2 fully saturated rings. The molecule has 1 saturated heterocycles. The average molecular weight is 429 g/mol. The monoisotopic (exact) mass is 428 g/mol. The predicted octanol–water partition coefficient (Wildman–Crippen LogP) is 2.56. The van der Waals surface area contributed by atoms with Crippen molar-refractivity contribution in [3.05, 3.63) is 35.9 Å². The van der Waals surface area contributed by atoms with Crippen LogP contribution in [0.5, 0.6) is 0 Å². The Bertz CT molecular complexity index is 780. The number of carbonyl (C=O) groups excluding carboxylic acids is 3. The molecule has 1 aromatic carbocycles. The van der Waals surface area contributed by atoms with Gasteiger partial charge < -0.3 is 10.6 Å².